The molecule has 2 aromatic rings. The molecule has 0 aromatic heterocycles. The van der Waals surface area contributed by atoms with Gasteiger partial charge in [-0.15, -0.1) is 0 Å². The van der Waals surface area contributed by atoms with Gasteiger partial charge in [0.25, 0.3) is 0 Å². The van der Waals surface area contributed by atoms with Crippen LogP contribution in [-0.4, -0.2) is 38.4 Å². The van der Waals surface area contributed by atoms with Crippen LogP contribution in [0.2, 0.25) is 0 Å². The largest absolute Gasteiger partial charge is 0.490 e. The molecule has 0 saturated carbocycles. The van der Waals surface area contributed by atoms with Crippen molar-refractivity contribution in [3.05, 3.63) is 54.1 Å². The number of carbonyl (C=O) groups excluding carboxylic acids is 1. The van der Waals surface area contributed by atoms with Crippen molar-refractivity contribution >= 4 is 16.0 Å². The summed E-state index contributed by atoms with van der Waals surface area (Å²) in [5.41, 5.74) is -1.03. The number of esters is 1. The molecule has 1 aliphatic heterocycles. The number of para-hydroxylation sites is 2. The van der Waals surface area contributed by atoms with Gasteiger partial charge in [-0.2, -0.15) is 17.5 Å². The Morgan fingerprint density at radius 3 is 2.34 bits per heavy atom. The standard InChI is InChI=1S/C22H24F3NO5S/c1-2-14-30-19-8-3-4-9-20(19)31-21(27)16-10-12-26(13-11-16)32(28,29)18-7-5-6-17(15-18)22(23,24)25/h3-9,15-16H,2,10-14H2,1H3. The molecule has 1 aliphatic rings. The number of ether oxygens (including phenoxy) is 2. The summed E-state index contributed by atoms with van der Waals surface area (Å²) in [6.45, 7) is 2.44. The SMILES string of the molecule is CCCOc1ccccc1OC(=O)C1CCN(S(=O)(=O)c2cccc(C(F)(F)F)c2)CC1. The van der Waals surface area contributed by atoms with Crippen molar-refractivity contribution in [2.45, 2.75) is 37.3 Å². The van der Waals surface area contributed by atoms with Gasteiger partial charge in [-0.3, -0.25) is 4.79 Å². The predicted molar refractivity (Wildman–Crippen MR) is 111 cm³/mol. The topological polar surface area (TPSA) is 72.9 Å². The van der Waals surface area contributed by atoms with Crippen molar-refractivity contribution in [3.8, 4) is 11.5 Å². The molecule has 3 rings (SSSR count). The van der Waals surface area contributed by atoms with E-state index in [1.807, 2.05) is 6.92 Å². The van der Waals surface area contributed by atoms with Crippen molar-refractivity contribution in [1.82, 2.24) is 4.31 Å². The fraction of sp³-hybridized carbons (Fsp3) is 0.409. The zero-order valence-corrected chi connectivity index (χ0v) is 18.3. The molecule has 0 amide bonds. The third kappa shape index (κ3) is 5.60. The first-order valence-corrected chi connectivity index (χ1v) is 11.7. The summed E-state index contributed by atoms with van der Waals surface area (Å²) in [4.78, 5) is 12.2. The minimum atomic E-state index is -4.64. The summed E-state index contributed by atoms with van der Waals surface area (Å²) in [6, 6.07) is 10.5. The highest BCUT2D eigenvalue weighted by Gasteiger charge is 2.35. The average Bonchev–Trinajstić information content (AvgIpc) is 2.78. The molecule has 0 spiro atoms. The molecule has 1 fully saturated rings. The number of piperidine rings is 1. The lowest BCUT2D eigenvalue weighted by Crippen LogP contribution is -2.41. The number of alkyl halides is 3. The van der Waals surface area contributed by atoms with Crippen LogP contribution in [0.15, 0.2) is 53.4 Å². The van der Waals surface area contributed by atoms with Crippen LogP contribution < -0.4 is 9.47 Å². The van der Waals surface area contributed by atoms with Crippen LogP contribution in [0.4, 0.5) is 13.2 Å². The first-order chi connectivity index (χ1) is 15.1. The third-order valence-electron chi connectivity index (χ3n) is 5.11. The summed E-state index contributed by atoms with van der Waals surface area (Å²) in [7, 11) is -4.11. The second-order valence-corrected chi connectivity index (χ2v) is 9.36. The van der Waals surface area contributed by atoms with E-state index >= 15 is 0 Å². The maximum absolute atomic E-state index is 12.9. The molecular weight excluding hydrogens is 447 g/mol. The summed E-state index contributed by atoms with van der Waals surface area (Å²) in [5.74, 6) is -0.270. The van der Waals surface area contributed by atoms with Gasteiger partial charge in [-0.05, 0) is 49.6 Å². The van der Waals surface area contributed by atoms with Crippen LogP contribution in [0.3, 0.4) is 0 Å². The molecule has 2 aromatic carbocycles. The molecule has 1 saturated heterocycles. The third-order valence-corrected chi connectivity index (χ3v) is 7.00. The van der Waals surface area contributed by atoms with Crippen LogP contribution >= 0.6 is 0 Å². The minimum absolute atomic E-state index is 0.00628. The average molecular weight is 471 g/mol. The molecule has 6 nitrogen and oxygen atoms in total. The highest BCUT2D eigenvalue weighted by atomic mass is 32.2. The number of sulfonamides is 1. The van der Waals surface area contributed by atoms with Gasteiger partial charge >= 0.3 is 12.1 Å². The molecule has 0 atom stereocenters. The lowest BCUT2D eigenvalue weighted by molar-refractivity contribution is -0.140. The van der Waals surface area contributed by atoms with E-state index in [1.54, 1.807) is 24.3 Å². The van der Waals surface area contributed by atoms with Crippen molar-refractivity contribution in [3.63, 3.8) is 0 Å². The Morgan fingerprint density at radius 1 is 1.06 bits per heavy atom. The Kier molecular flexibility index (Phi) is 7.45. The van der Waals surface area contributed by atoms with Crippen LogP contribution in [0, 0.1) is 5.92 Å². The Balaban J connectivity index is 1.64. The monoisotopic (exact) mass is 471 g/mol. The van der Waals surface area contributed by atoms with Crippen molar-refractivity contribution in [2.75, 3.05) is 19.7 Å². The van der Waals surface area contributed by atoms with Crippen LogP contribution in [0.5, 0.6) is 11.5 Å². The summed E-state index contributed by atoms with van der Waals surface area (Å²) in [5, 5.41) is 0. The number of benzene rings is 2. The first-order valence-electron chi connectivity index (χ1n) is 10.2. The van der Waals surface area contributed by atoms with Gasteiger partial charge in [0.05, 0.1) is 23.0 Å². The quantitative estimate of drug-likeness (QED) is 0.439. The van der Waals surface area contributed by atoms with Crippen LogP contribution in [0.1, 0.15) is 31.7 Å². The Bertz CT molecular complexity index is 1050. The van der Waals surface area contributed by atoms with Gasteiger partial charge in [0.1, 0.15) is 0 Å². The Morgan fingerprint density at radius 2 is 1.72 bits per heavy atom. The molecule has 0 bridgehead atoms. The normalized spacial score (nSPS) is 16.0. The maximum Gasteiger partial charge on any atom is 0.416 e. The highest BCUT2D eigenvalue weighted by Crippen LogP contribution is 2.33. The van der Waals surface area contributed by atoms with Crippen molar-refractivity contribution in [1.29, 1.82) is 0 Å². The molecule has 32 heavy (non-hydrogen) atoms. The summed E-state index contributed by atoms with van der Waals surface area (Å²) >= 11 is 0. The lowest BCUT2D eigenvalue weighted by Gasteiger charge is -2.30. The number of nitrogens with zero attached hydrogens (tertiary/aromatic N) is 1. The van der Waals surface area contributed by atoms with Gasteiger partial charge in [0.2, 0.25) is 10.0 Å². The smallest absolute Gasteiger partial charge is 0.416 e. The zero-order chi connectivity index (χ0) is 23.4. The van der Waals surface area contributed by atoms with Crippen molar-refractivity contribution in [2.24, 2.45) is 5.92 Å². The second-order valence-electron chi connectivity index (χ2n) is 7.42. The first kappa shape index (κ1) is 24.1. The van der Waals surface area contributed by atoms with Gasteiger partial charge in [-0.1, -0.05) is 25.1 Å². The number of hydrogen-bond acceptors (Lipinski definition) is 5. The van der Waals surface area contributed by atoms with Crippen LogP contribution in [-0.2, 0) is 21.0 Å². The molecule has 0 radical (unpaired) electrons. The summed E-state index contributed by atoms with van der Waals surface area (Å²) in [6.07, 6.45) is -3.44. The second kappa shape index (κ2) is 9.91. The predicted octanol–water partition coefficient (Wildman–Crippen LogP) is 4.50. The van der Waals surface area contributed by atoms with Crippen LogP contribution in [0.25, 0.3) is 0 Å². The molecule has 0 unspecified atom stereocenters. The number of rotatable bonds is 7. The zero-order valence-electron chi connectivity index (χ0n) is 17.5. The van der Waals surface area contributed by atoms with E-state index in [4.69, 9.17) is 9.47 Å². The van der Waals surface area contributed by atoms with Gasteiger partial charge in [0.15, 0.2) is 11.5 Å². The molecular formula is C22H24F3NO5S. The molecule has 0 aliphatic carbocycles. The highest BCUT2D eigenvalue weighted by molar-refractivity contribution is 7.89. The van der Waals surface area contributed by atoms with E-state index in [1.165, 1.54) is 0 Å². The minimum Gasteiger partial charge on any atom is -0.490 e. The van der Waals surface area contributed by atoms with E-state index in [0.717, 1.165) is 28.9 Å². The van der Waals surface area contributed by atoms with Gasteiger partial charge in [0, 0.05) is 13.1 Å². The Hall–Kier alpha value is -2.59. The number of hydrogen-bond donors (Lipinski definition) is 0. The molecule has 1 heterocycles. The number of halogens is 3. The molecule has 10 heteroatoms. The Labute approximate surface area is 185 Å². The van der Waals surface area contributed by atoms with Gasteiger partial charge in [-0.25, -0.2) is 8.42 Å². The summed E-state index contributed by atoms with van der Waals surface area (Å²) < 4.78 is 76.6. The maximum atomic E-state index is 12.9. The van der Waals surface area contributed by atoms with Gasteiger partial charge < -0.3 is 9.47 Å². The molecule has 0 N–H and O–H groups in total. The fourth-order valence-corrected chi connectivity index (χ4v) is 4.89. The molecule has 174 valence electrons. The van der Waals surface area contributed by atoms with E-state index < -0.39 is 38.5 Å². The lowest BCUT2D eigenvalue weighted by atomic mass is 9.98. The van der Waals surface area contributed by atoms with Crippen molar-refractivity contribution < 1.29 is 35.9 Å². The number of carbonyl (C=O) groups is 1. The fourth-order valence-electron chi connectivity index (χ4n) is 3.37. The van der Waals surface area contributed by atoms with E-state index in [9.17, 15) is 26.4 Å². The van der Waals surface area contributed by atoms with E-state index in [0.29, 0.717) is 24.2 Å². The van der Waals surface area contributed by atoms with E-state index in [-0.39, 0.29) is 25.9 Å². The van der Waals surface area contributed by atoms with E-state index in [2.05, 4.69) is 0 Å².